The Morgan fingerprint density at radius 2 is 1.23 bits per heavy atom. The average molecular weight is 411 g/mol. The molecule has 7 heteroatoms. The van der Waals surface area contributed by atoms with Gasteiger partial charge >= 0.3 is 0 Å². The van der Waals surface area contributed by atoms with Gasteiger partial charge < -0.3 is 10.2 Å². The van der Waals surface area contributed by atoms with E-state index in [1.807, 2.05) is 12.1 Å². The lowest BCUT2D eigenvalue weighted by Gasteiger charge is -2.07. The number of benzene rings is 3. The summed E-state index contributed by atoms with van der Waals surface area (Å²) in [7, 11) is 0. The van der Waals surface area contributed by atoms with E-state index in [1.165, 1.54) is 30.4 Å². The van der Waals surface area contributed by atoms with Crippen molar-refractivity contribution in [1.82, 2.24) is 9.97 Å². The molecule has 0 aliphatic heterocycles. The molecule has 0 atom stereocenters. The number of rotatable bonds is 5. The Bertz CT molecular complexity index is 1320. The highest BCUT2D eigenvalue weighted by atomic mass is 16.6. The van der Waals surface area contributed by atoms with Gasteiger partial charge in [-0.25, -0.2) is 9.97 Å². The average Bonchev–Trinajstić information content (AvgIpc) is 2.80. The minimum absolute atomic E-state index is 0.0231. The molecular formula is C24H17N3O4. The molecule has 0 saturated heterocycles. The lowest BCUT2D eigenvalue weighted by Crippen LogP contribution is -1.97. The third-order valence-electron chi connectivity index (χ3n) is 4.60. The number of non-ortho nitro benzene ring substituents is 1. The molecule has 4 aromatic rings. The van der Waals surface area contributed by atoms with Gasteiger partial charge in [0.05, 0.1) is 27.3 Å². The fraction of sp³-hybridized carbons (Fsp3) is 0. The lowest BCUT2D eigenvalue weighted by atomic mass is 10.1. The summed E-state index contributed by atoms with van der Waals surface area (Å²) in [6, 6.07) is 22.0. The van der Waals surface area contributed by atoms with Gasteiger partial charge in [0.25, 0.3) is 5.69 Å². The van der Waals surface area contributed by atoms with Crippen LogP contribution in [0.25, 0.3) is 34.7 Å². The summed E-state index contributed by atoms with van der Waals surface area (Å²) in [4.78, 5) is 19.6. The van der Waals surface area contributed by atoms with E-state index >= 15 is 0 Å². The van der Waals surface area contributed by atoms with Gasteiger partial charge in [-0.15, -0.1) is 0 Å². The van der Waals surface area contributed by atoms with Gasteiger partial charge in [-0.1, -0.05) is 60.7 Å². The molecule has 2 N–H and O–H groups in total. The lowest BCUT2D eigenvalue weighted by molar-refractivity contribution is -0.384. The molecule has 0 spiro atoms. The Labute approximate surface area is 177 Å². The summed E-state index contributed by atoms with van der Waals surface area (Å²) in [6.07, 6.45) is 2.87. The highest BCUT2D eigenvalue weighted by molar-refractivity contribution is 5.86. The molecule has 0 aliphatic carbocycles. The molecule has 7 nitrogen and oxygen atoms in total. The van der Waals surface area contributed by atoms with Gasteiger partial charge in [0.1, 0.15) is 11.5 Å². The maximum atomic E-state index is 11.1. The molecule has 1 heterocycles. The number of aromatic nitrogens is 2. The first kappa shape index (κ1) is 19.8. The Morgan fingerprint density at radius 1 is 0.742 bits per heavy atom. The number of fused-ring (bicyclic) bond motifs is 1. The SMILES string of the molecule is O=[N+]([O-])c1ccc2nc(/C=C(/O)c3ccccc3)c(/C=C(/O)c3ccccc3)nc2c1. The van der Waals surface area contributed by atoms with Crippen molar-refractivity contribution < 1.29 is 15.1 Å². The molecule has 31 heavy (non-hydrogen) atoms. The van der Waals surface area contributed by atoms with Crippen molar-refractivity contribution >= 4 is 40.4 Å². The van der Waals surface area contributed by atoms with Crippen LogP contribution in [0.4, 0.5) is 5.69 Å². The smallest absolute Gasteiger partial charge is 0.271 e. The fourth-order valence-corrected chi connectivity index (χ4v) is 3.04. The second kappa shape index (κ2) is 8.46. The number of nitrogens with zero attached hydrogens (tertiary/aromatic N) is 3. The Balaban J connectivity index is 1.89. The fourth-order valence-electron chi connectivity index (χ4n) is 3.04. The van der Waals surface area contributed by atoms with Crippen molar-refractivity contribution in [2.75, 3.05) is 0 Å². The van der Waals surface area contributed by atoms with Crippen LogP contribution in [-0.4, -0.2) is 25.1 Å². The summed E-state index contributed by atoms with van der Waals surface area (Å²) >= 11 is 0. The second-order valence-corrected chi connectivity index (χ2v) is 6.72. The zero-order valence-corrected chi connectivity index (χ0v) is 16.2. The van der Waals surface area contributed by atoms with E-state index in [1.54, 1.807) is 48.5 Å². The van der Waals surface area contributed by atoms with Gasteiger partial charge in [0, 0.05) is 35.4 Å². The van der Waals surface area contributed by atoms with E-state index < -0.39 is 4.92 Å². The van der Waals surface area contributed by atoms with Crippen LogP contribution >= 0.6 is 0 Å². The summed E-state index contributed by atoms with van der Waals surface area (Å²) < 4.78 is 0. The van der Waals surface area contributed by atoms with E-state index in [0.717, 1.165) is 0 Å². The van der Waals surface area contributed by atoms with Crippen LogP contribution in [-0.2, 0) is 0 Å². The first-order valence-electron chi connectivity index (χ1n) is 9.39. The van der Waals surface area contributed by atoms with Crippen molar-refractivity contribution in [1.29, 1.82) is 0 Å². The third-order valence-corrected chi connectivity index (χ3v) is 4.60. The van der Waals surface area contributed by atoms with Crippen LogP contribution in [0, 0.1) is 10.1 Å². The maximum absolute atomic E-state index is 11.1. The van der Waals surface area contributed by atoms with Crippen LogP contribution in [0.15, 0.2) is 78.9 Å². The molecule has 152 valence electrons. The van der Waals surface area contributed by atoms with Crippen molar-refractivity contribution in [2.24, 2.45) is 0 Å². The number of aliphatic hydroxyl groups is 2. The van der Waals surface area contributed by atoms with Crippen molar-refractivity contribution in [3.8, 4) is 0 Å². The van der Waals surface area contributed by atoms with Crippen LogP contribution in [0.1, 0.15) is 22.5 Å². The summed E-state index contributed by atoms with van der Waals surface area (Å²) in [5.74, 6) is -0.0708. The molecule has 0 radical (unpaired) electrons. The predicted molar refractivity (Wildman–Crippen MR) is 120 cm³/mol. The normalized spacial score (nSPS) is 12.1. The van der Waals surface area contributed by atoms with Crippen LogP contribution in [0.3, 0.4) is 0 Å². The van der Waals surface area contributed by atoms with Gasteiger partial charge in [0.2, 0.25) is 0 Å². The summed E-state index contributed by atoms with van der Waals surface area (Å²) in [5, 5.41) is 32.3. The quantitative estimate of drug-likeness (QED) is 0.249. The molecule has 0 aliphatic rings. The standard InChI is InChI=1S/C24H17N3O4/c28-23(16-7-3-1-4-8-16)14-21-22(15-24(29)17-9-5-2-6-10-17)26-20-13-18(27(30)31)11-12-19(20)25-21/h1-15,28-29H/b23-14+,24-15+. The first-order valence-corrected chi connectivity index (χ1v) is 9.39. The second-order valence-electron chi connectivity index (χ2n) is 6.72. The zero-order valence-electron chi connectivity index (χ0n) is 16.2. The van der Waals surface area contributed by atoms with E-state index in [4.69, 9.17) is 0 Å². The van der Waals surface area contributed by atoms with Crippen LogP contribution < -0.4 is 0 Å². The minimum atomic E-state index is -0.507. The number of nitro benzene ring substituents is 1. The molecular weight excluding hydrogens is 394 g/mol. The van der Waals surface area contributed by atoms with E-state index in [2.05, 4.69) is 9.97 Å². The molecule has 0 fully saturated rings. The van der Waals surface area contributed by atoms with Crippen LogP contribution in [0.2, 0.25) is 0 Å². The largest absolute Gasteiger partial charge is 0.507 e. The van der Waals surface area contributed by atoms with E-state index in [0.29, 0.717) is 27.9 Å². The molecule has 0 saturated carbocycles. The predicted octanol–water partition coefficient (Wildman–Crippen LogP) is 5.65. The van der Waals surface area contributed by atoms with Gasteiger partial charge in [0.15, 0.2) is 0 Å². The summed E-state index contributed by atoms with van der Waals surface area (Å²) in [6.45, 7) is 0. The van der Waals surface area contributed by atoms with Gasteiger partial charge in [-0.3, -0.25) is 10.1 Å². The Kier molecular flexibility index (Phi) is 5.40. The van der Waals surface area contributed by atoms with Crippen molar-refractivity contribution in [2.45, 2.75) is 0 Å². The molecule has 1 aromatic heterocycles. The summed E-state index contributed by atoms with van der Waals surface area (Å²) in [5.41, 5.74) is 2.36. The van der Waals surface area contributed by atoms with E-state index in [9.17, 15) is 20.3 Å². The minimum Gasteiger partial charge on any atom is -0.507 e. The zero-order chi connectivity index (χ0) is 21.8. The van der Waals surface area contributed by atoms with Gasteiger partial charge in [-0.2, -0.15) is 0 Å². The van der Waals surface area contributed by atoms with Gasteiger partial charge in [-0.05, 0) is 6.07 Å². The number of hydrogen-bond acceptors (Lipinski definition) is 6. The first-order chi connectivity index (χ1) is 15.0. The Morgan fingerprint density at radius 3 is 1.71 bits per heavy atom. The van der Waals surface area contributed by atoms with Crippen molar-refractivity contribution in [3.05, 3.63) is 111 Å². The number of aliphatic hydroxyl groups excluding tert-OH is 2. The molecule has 0 unspecified atom stereocenters. The van der Waals surface area contributed by atoms with E-state index in [-0.39, 0.29) is 22.9 Å². The topological polar surface area (TPSA) is 109 Å². The number of nitro groups is 1. The molecule has 0 bridgehead atoms. The molecule has 0 amide bonds. The van der Waals surface area contributed by atoms with Crippen molar-refractivity contribution in [3.63, 3.8) is 0 Å². The maximum Gasteiger partial charge on any atom is 0.271 e. The Hall–Kier alpha value is -4.52. The third kappa shape index (κ3) is 4.40. The number of hydrogen-bond donors (Lipinski definition) is 2. The monoisotopic (exact) mass is 411 g/mol. The highest BCUT2D eigenvalue weighted by Crippen LogP contribution is 2.24. The van der Waals surface area contributed by atoms with Crippen LogP contribution in [0.5, 0.6) is 0 Å². The molecule has 3 aromatic carbocycles. The molecule has 4 rings (SSSR count). The highest BCUT2D eigenvalue weighted by Gasteiger charge is 2.13.